The molecule has 1 aliphatic carbocycles. The fraction of sp³-hybridized carbons (Fsp3) is 0.429. The van der Waals surface area contributed by atoms with Crippen LogP contribution in [-0.2, 0) is 22.7 Å². The van der Waals surface area contributed by atoms with Gasteiger partial charge in [0.25, 0.3) is 0 Å². The zero-order chi connectivity index (χ0) is 19.1. The smallest absolute Gasteiger partial charge is 0.223 e. The van der Waals surface area contributed by atoms with E-state index < -0.39 is 0 Å². The van der Waals surface area contributed by atoms with Crippen molar-refractivity contribution in [3.8, 4) is 5.75 Å². The summed E-state index contributed by atoms with van der Waals surface area (Å²) >= 11 is 0. The second-order valence-electron chi connectivity index (χ2n) is 6.91. The molecule has 0 unspecified atom stereocenters. The minimum atomic E-state index is -0.0226. The number of ether oxygens (including phenoxy) is 1. The van der Waals surface area contributed by atoms with Crippen LogP contribution in [0.3, 0.4) is 0 Å². The number of nitrogens with one attached hydrogen (secondary N) is 2. The Morgan fingerprint density at radius 3 is 2.07 bits per heavy atom. The fourth-order valence-corrected chi connectivity index (χ4v) is 3.43. The topological polar surface area (TPSA) is 80.6 Å². The molecule has 2 amide bonds. The summed E-state index contributed by atoms with van der Waals surface area (Å²) in [6.07, 6.45) is 4.56. The van der Waals surface area contributed by atoms with E-state index in [-0.39, 0.29) is 23.7 Å². The molecule has 0 atom stereocenters. The highest BCUT2D eigenvalue weighted by Crippen LogP contribution is 2.29. The lowest BCUT2D eigenvalue weighted by Crippen LogP contribution is -2.37. The van der Waals surface area contributed by atoms with Crippen LogP contribution < -0.4 is 15.4 Å². The van der Waals surface area contributed by atoms with E-state index in [4.69, 9.17) is 9.15 Å². The summed E-state index contributed by atoms with van der Waals surface area (Å²) in [5, 5.41) is 5.91. The molecule has 144 valence electrons. The van der Waals surface area contributed by atoms with Gasteiger partial charge in [-0.05, 0) is 55.5 Å². The van der Waals surface area contributed by atoms with Crippen molar-refractivity contribution < 1.29 is 18.7 Å². The molecule has 6 heteroatoms. The number of benzene rings is 1. The predicted molar refractivity (Wildman–Crippen MR) is 101 cm³/mol. The Morgan fingerprint density at radius 2 is 1.56 bits per heavy atom. The summed E-state index contributed by atoms with van der Waals surface area (Å²) in [6.45, 7) is 0.917. The van der Waals surface area contributed by atoms with Crippen LogP contribution in [0.1, 0.15) is 37.0 Å². The molecule has 0 bridgehead atoms. The second-order valence-corrected chi connectivity index (χ2v) is 6.91. The van der Waals surface area contributed by atoms with Crippen LogP contribution in [-0.4, -0.2) is 18.9 Å². The van der Waals surface area contributed by atoms with Gasteiger partial charge < -0.3 is 19.8 Å². The van der Waals surface area contributed by atoms with Crippen molar-refractivity contribution in [2.45, 2.75) is 38.8 Å². The van der Waals surface area contributed by atoms with Crippen molar-refractivity contribution in [3.63, 3.8) is 0 Å². The van der Waals surface area contributed by atoms with E-state index in [1.165, 1.54) is 0 Å². The lowest BCUT2D eigenvalue weighted by atomic mass is 9.81. The monoisotopic (exact) mass is 370 g/mol. The molecule has 1 aliphatic rings. The molecule has 0 saturated heterocycles. The van der Waals surface area contributed by atoms with E-state index in [0.717, 1.165) is 42.8 Å². The molecule has 27 heavy (non-hydrogen) atoms. The summed E-state index contributed by atoms with van der Waals surface area (Å²) in [7, 11) is 1.63. The van der Waals surface area contributed by atoms with Crippen molar-refractivity contribution in [1.29, 1.82) is 0 Å². The molecule has 0 radical (unpaired) electrons. The molecule has 6 nitrogen and oxygen atoms in total. The standard InChI is InChI=1S/C21H26N2O4/c1-26-18-10-4-15(5-11-18)13-22-20(24)16-6-8-17(9-7-16)21(25)23-14-19-3-2-12-27-19/h2-5,10-12,16-17H,6-9,13-14H2,1H3,(H,22,24)(H,23,25). The van der Waals surface area contributed by atoms with Gasteiger partial charge in [0.15, 0.2) is 0 Å². The van der Waals surface area contributed by atoms with Crippen LogP contribution in [0.4, 0.5) is 0 Å². The number of hydrogen-bond donors (Lipinski definition) is 2. The first-order valence-corrected chi connectivity index (χ1v) is 9.36. The quantitative estimate of drug-likeness (QED) is 0.785. The third-order valence-electron chi connectivity index (χ3n) is 5.11. The fourth-order valence-electron chi connectivity index (χ4n) is 3.43. The Labute approximate surface area is 159 Å². The third-order valence-corrected chi connectivity index (χ3v) is 5.11. The molecular weight excluding hydrogens is 344 g/mol. The highest BCUT2D eigenvalue weighted by atomic mass is 16.5. The van der Waals surface area contributed by atoms with Crippen molar-refractivity contribution in [3.05, 3.63) is 54.0 Å². The Kier molecular flexibility index (Phi) is 6.52. The summed E-state index contributed by atoms with van der Waals surface area (Å²) in [4.78, 5) is 24.7. The Balaban J connectivity index is 1.38. The van der Waals surface area contributed by atoms with E-state index in [0.29, 0.717) is 13.1 Å². The maximum atomic E-state index is 12.4. The summed E-state index contributed by atoms with van der Waals surface area (Å²) in [6, 6.07) is 11.3. The lowest BCUT2D eigenvalue weighted by Gasteiger charge is -2.27. The molecule has 1 aromatic carbocycles. The van der Waals surface area contributed by atoms with Gasteiger partial charge >= 0.3 is 0 Å². The number of hydrogen-bond acceptors (Lipinski definition) is 4. The van der Waals surface area contributed by atoms with Crippen LogP contribution in [0.25, 0.3) is 0 Å². The van der Waals surface area contributed by atoms with Gasteiger partial charge in [0, 0.05) is 18.4 Å². The molecule has 1 fully saturated rings. The van der Waals surface area contributed by atoms with Gasteiger partial charge in [-0.3, -0.25) is 9.59 Å². The molecular formula is C21H26N2O4. The molecule has 0 spiro atoms. The van der Waals surface area contributed by atoms with Crippen LogP contribution in [0.15, 0.2) is 47.1 Å². The largest absolute Gasteiger partial charge is 0.497 e. The first-order chi connectivity index (χ1) is 13.2. The Morgan fingerprint density at radius 1 is 0.963 bits per heavy atom. The average molecular weight is 370 g/mol. The van der Waals surface area contributed by atoms with Crippen LogP contribution in [0, 0.1) is 11.8 Å². The molecule has 3 rings (SSSR count). The molecule has 1 aromatic heterocycles. The maximum Gasteiger partial charge on any atom is 0.223 e. The maximum absolute atomic E-state index is 12.4. The van der Waals surface area contributed by atoms with Gasteiger partial charge in [-0.1, -0.05) is 12.1 Å². The van der Waals surface area contributed by atoms with Crippen LogP contribution in [0.5, 0.6) is 5.75 Å². The van der Waals surface area contributed by atoms with E-state index in [1.54, 1.807) is 19.4 Å². The third kappa shape index (κ3) is 5.36. The molecule has 0 aliphatic heterocycles. The minimum absolute atomic E-state index is 0.0163. The molecule has 2 aromatic rings. The Bertz CT molecular complexity index is 732. The van der Waals surface area contributed by atoms with E-state index in [2.05, 4.69) is 10.6 Å². The van der Waals surface area contributed by atoms with Gasteiger partial charge in [0.05, 0.1) is 19.9 Å². The van der Waals surface area contributed by atoms with Gasteiger partial charge in [-0.25, -0.2) is 0 Å². The Hall–Kier alpha value is -2.76. The minimum Gasteiger partial charge on any atom is -0.497 e. The number of amides is 2. The van der Waals surface area contributed by atoms with E-state index in [9.17, 15) is 9.59 Å². The highest BCUT2D eigenvalue weighted by molar-refractivity contribution is 5.81. The first-order valence-electron chi connectivity index (χ1n) is 9.36. The SMILES string of the molecule is COc1ccc(CNC(=O)C2CCC(C(=O)NCc3ccco3)CC2)cc1. The van der Waals surface area contributed by atoms with Crippen molar-refractivity contribution in [2.75, 3.05) is 7.11 Å². The number of methoxy groups -OCH3 is 1. The zero-order valence-electron chi connectivity index (χ0n) is 15.6. The summed E-state index contributed by atoms with van der Waals surface area (Å²) < 4.78 is 10.4. The summed E-state index contributed by atoms with van der Waals surface area (Å²) in [5.41, 5.74) is 1.04. The van der Waals surface area contributed by atoms with Gasteiger partial charge in [-0.2, -0.15) is 0 Å². The van der Waals surface area contributed by atoms with Crippen molar-refractivity contribution in [2.24, 2.45) is 11.8 Å². The number of carbonyl (C=O) groups excluding carboxylic acids is 2. The molecule has 2 N–H and O–H groups in total. The number of carbonyl (C=O) groups is 2. The van der Waals surface area contributed by atoms with Gasteiger partial charge in [0.1, 0.15) is 11.5 Å². The average Bonchev–Trinajstić information content (AvgIpc) is 3.24. The van der Waals surface area contributed by atoms with Crippen LogP contribution in [0.2, 0.25) is 0 Å². The number of rotatable bonds is 7. The van der Waals surface area contributed by atoms with Gasteiger partial charge in [-0.15, -0.1) is 0 Å². The van der Waals surface area contributed by atoms with E-state index in [1.807, 2.05) is 30.3 Å². The lowest BCUT2D eigenvalue weighted by molar-refractivity contribution is -0.130. The van der Waals surface area contributed by atoms with Crippen molar-refractivity contribution in [1.82, 2.24) is 10.6 Å². The normalized spacial score (nSPS) is 19.3. The van der Waals surface area contributed by atoms with Crippen LogP contribution >= 0.6 is 0 Å². The first kappa shape index (κ1) is 19.0. The highest BCUT2D eigenvalue weighted by Gasteiger charge is 2.29. The van der Waals surface area contributed by atoms with E-state index >= 15 is 0 Å². The summed E-state index contributed by atoms with van der Waals surface area (Å²) in [5.74, 6) is 1.62. The molecule has 1 saturated carbocycles. The zero-order valence-corrected chi connectivity index (χ0v) is 15.6. The van der Waals surface area contributed by atoms with Crippen molar-refractivity contribution >= 4 is 11.8 Å². The number of furan rings is 1. The molecule has 1 heterocycles. The van der Waals surface area contributed by atoms with Gasteiger partial charge in [0.2, 0.25) is 11.8 Å². The second kappa shape index (κ2) is 9.26. The predicted octanol–water partition coefficient (Wildman–Crippen LogP) is 3.03.